The Morgan fingerprint density at radius 2 is 1.96 bits per heavy atom. The van der Waals surface area contributed by atoms with Gasteiger partial charge in [-0.2, -0.15) is 0 Å². The molecule has 1 amide bonds. The summed E-state index contributed by atoms with van der Waals surface area (Å²) < 4.78 is 5.44. The summed E-state index contributed by atoms with van der Waals surface area (Å²) in [5, 5.41) is 14.4. The third-order valence-electron chi connectivity index (χ3n) is 3.17. The molecule has 6 nitrogen and oxygen atoms in total. The molecule has 24 heavy (non-hydrogen) atoms. The number of ether oxygens (including phenoxy) is 1. The van der Waals surface area contributed by atoms with Crippen LogP contribution in [0, 0.1) is 17.0 Å². The molecule has 1 unspecified atom stereocenters. The smallest absolute Gasteiger partial charge is 0.311 e. The molecule has 0 aromatic heterocycles. The quantitative estimate of drug-likeness (QED) is 0.616. The standard InChI is InChI=1S/C16H14Cl2N2O4/c1-9-3-6-15(14(7-9)20(22)23)24-10(2)16(21)19-13-8-11(17)4-5-12(13)18/h3-8,10H,1-2H3,(H,19,21). The van der Waals surface area contributed by atoms with E-state index in [1.807, 2.05) is 0 Å². The fourth-order valence-corrected chi connectivity index (χ4v) is 2.28. The molecule has 2 rings (SSSR count). The van der Waals surface area contributed by atoms with Gasteiger partial charge in [-0.05, 0) is 43.7 Å². The van der Waals surface area contributed by atoms with E-state index in [0.717, 1.165) is 5.56 Å². The predicted octanol–water partition coefficient (Wildman–Crippen LogP) is 4.62. The summed E-state index contributed by atoms with van der Waals surface area (Å²) in [4.78, 5) is 22.8. The van der Waals surface area contributed by atoms with Crippen LogP contribution in [0.15, 0.2) is 36.4 Å². The molecule has 0 aliphatic carbocycles. The van der Waals surface area contributed by atoms with Crippen LogP contribution in [-0.4, -0.2) is 16.9 Å². The van der Waals surface area contributed by atoms with Gasteiger partial charge in [-0.3, -0.25) is 14.9 Å². The number of benzene rings is 2. The van der Waals surface area contributed by atoms with Crippen molar-refractivity contribution in [2.75, 3.05) is 5.32 Å². The summed E-state index contributed by atoms with van der Waals surface area (Å²) in [7, 11) is 0. The number of carbonyl (C=O) groups is 1. The lowest BCUT2D eigenvalue weighted by Crippen LogP contribution is -2.30. The molecule has 0 aliphatic rings. The van der Waals surface area contributed by atoms with Crippen LogP contribution in [0.1, 0.15) is 12.5 Å². The minimum absolute atomic E-state index is 0.0189. The van der Waals surface area contributed by atoms with Crippen molar-refractivity contribution >= 4 is 40.5 Å². The van der Waals surface area contributed by atoms with E-state index < -0.39 is 16.9 Å². The third-order valence-corrected chi connectivity index (χ3v) is 3.74. The van der Waals surface area contributed by atoms with Crippen molar-refractivity contribution in [3.63, 3.8) is 0 Å². The van der Waals surface area contributed by atoms with Crippen LogP contribution in [0.3, 0.4) is 0 Å². The minimum Gasteiger partial charge on any atom is -0.474 e. The number of amides is 1. The third kappa shape index (κ3) is 4.37. The first-order valence-electron chi connectivity index (χ1n) is 6.95. The number of hydrogen-bond donors (Lipinski definition) is 1. The Morgan fingerprint density at radius 3 is 2.62 bits per heavy atom. The number of nitrogens with one attached hydrogen (secondary N) is 1. The molecule has 0 saturated carbocycles. The summed E-state index contributed by atoms with van der Waals surface area (Å²) >= 11 is 11.8. The van der Waals surface area contributed by atoms with Crippen LogP contribution in [-0.2, 0) is 4.79 Å². The minimum atomic E-state index is -0.971. The van der Waals surface area contributed by atoms with Crippen LogP contribution in [0.2, 0.25) is 10.0 Å². The number of nitro benzene ring substituents is 1. The van der Waals surface area contributed by atoms with Crippen molar-refractivity contribution in [1.82, 2.24) is 0 Å². The van der Waals surface area contributed by atoms with E-state index >= 15 is 0 Å². The maximum absolute atomic E-state index is 12.2. The van der Waals surface area contributed by atoms with Crippen molar-refractivity contribution in [2.24, 2.45) is 0 Å². The molecule has 2 aromatic carbocycles. The maximum atomic E-state index is 12.2. The van der Waals surface area contributed by atoms with Crippen LogP contribution in [0.25, 0.3) is 0 Å². The number of nitro groups is 1. The Kier molecular flexibility index (Phi) is 5.64. The molecule has 0 heterocycles. The SMILES string of the molecule is Cc1ccc(OC(C)C(=O)Nc2cc(Cl)ccc2Cl)c([N+](=O)[O-])c1. The maximum Gasteiger partial charge on any atom is 0.311 e. The average Bonchev–Trinajstić information content (AvgIpc) is 2.52. The van der Waals surface area contributed by atoms with Crippen molar-refractivity contribution < 1.29 is 14.5 Å². The first-order valence-corrected chi connectivity index (χ1v) is 7.71. The van der Waals surface area contributed by atoms with Gasteiger partial charge in [-0.15, -0.1) is 0 Å². The summed E-state index contributed by atoms with van der Waals surface area (Å²) in [6, 6.07) is 9.16. The molecule has 1 atom stereocenters. The Morgan fingerprint density at radius 1 is 1.25 bits per heavy atom. The highest BCUT2D eigenvalue weighted by molar-refractivity contribution is 6.35. The van der Waals surface area contributed by atoms with Crippen LogP contribution < -0.4 is 10.1 Å². The van der Waals surface area contributed by atoms with Gasteiger partial charge in [0.2, 0.25) is 0 Å². The molecule has 0 radical (unpaired) electrons. The fraction of sp³-hybridized carbons (Fsp3) is 0.188. The summed E-state index contributed by atoms with van der Waals surface area (Å²) in [5.41, 5.74) is 0.857. The molecule has 0 fully saturated rings. The lowest BCUT2D eigenvalue weighted by Gasteiger charge is -2.15. The van der Waals surface area contributed by atoms with E-state index in [-0.39, 0.29) is 11.4 Å². The molecule has 8 heteroatoms. The Labute approximate surface area is 148 Å². The second kappa shape index (κ2) is 7.51. The van der Waals surface area contributed by atoms with Crippen molar-refractivity contribution in [2.45, 2.75) is 20.0 Å². The summed E-state index contributed by atoms with van der Waals surface area (Å²) in [6.07, 6.45) is -0.971. The largest absolute Gasteiger partial charge is 0.474 e. The van der Waals surface area contributed by atoms with E-state index in [9.17, 15) is 14.9 Å². The normalized spacial score (nSPS) is 11.7. The zero-order chi connectivity index (χ0) is 17.9. The molecule has 0 bridgehead atoms. The van der Waals surface area contributed by atoms with E-state index in [1.165, 1.54) is 25.1 Å². The first kappa shape index (κ1) is 18.0. The first-order chi connectivity index (χ1) is 11.3. The highest BCUT2D eigenvalue weighted by Gasteiger charge is 2.22. The average molecular weight is 369 g/mol. The zero-order valence-electron chi connectivity index (χ0n) is 12.9. The van der Waals surface area contributed by atoms with E-state index in [1.54, 1.807) is 25.1 Å². The summed E-state index contributed by atoms with van der Waals surface area (Å²) in [5.74, 6) is -0.487. The van der Waals surface area contributed by atoms with E-state index in [0.29, 0.717) is 15.7 Å². The van der Waals surface area contributed by atoms with Gasteiger partial charge in [-0.1, -0.05) is 29.3 Å². The monoisotopic (exact) mass is 368 g/mol. The topological polar surface area (TPSA) is 81.5 Å². The molecule has 0 saturated heterocycles. The fourth-order valence-electron chi connectivity index (χ4n) is 1.94. The summed E-state index contributed by atoms with van der Waals surface area (Å²) in [6.45, 7) is 3.21. The van der Waals surface area contributed by atoms with Gasteiger partial charge in [0.25, 0.3) is 5.91 Å². The van der Waals surface area contributed by atoms with Crippen molar-refractivity contribution in [3.8, 4) is 5.75 Å². The molecule has 1 N–H and O–H groups in total. The molecule has 2 aromatic rings. The molecule has 0 spiro atoms. The zero-order valence-corrected chi connectivity index (χ0v) is 14.4. The highest BCUT2D eigenvalue weighted by Crippen LogP contribution is 2.29. The number of aryl methyl sites for hydroxylation is 1. The number of anilines is 1. The molecule has 0 aliphatic heterocycles. The Hall–Kier alpha value is -2.31. The van der Waals surface area contributed by atoms with E-state index in [2.05, 4.69) is 5.32 Å². The van der Waals surface area contributed by atoms with Crippen molar-refractivity contribution in [3.05, 3.63) is 62.1 Å². The molecule has 126 valence electrons. The Bertz CT molecular complexity index is 796. The van der Waals surface area contributed by atoms with Crippen LogP contribution >= 0.6 is 23.2 Å². The van der Waals surface area contributed by atoms with Gasteiger partial charge in [0.05, 0.1) is 15.6 Å². The Balaban J connectivity index is 2.15. The van der Waals surface area contributed by atoms with Gasteiger partial charge in [0, 0.05) is 11.1 Å². The molecular formula is C16H14Cl2N2O4. The van der Waals surface area contributed by atoms with Crippen molar-refractivity contribution in [1.29, 1.82) is 0 Å². The second-order valence-corrected chi connectivity index (χ2v) is 5.95. The van der Waals surface area contributed by atoms with E-state index in [4.69, 9.17) is 27.9 Å². The van der Waals surface area contributed by atoms with Gasteiger partial charge < -0.3 is 10.1 Å². The molecular weight excluding hydrogens is 355 g/mol. The van der Waals surface area contributed by atoms with Gasteiger partial charge in [0.1, 0.15) is 0 Å². The lowest BCUT2D eigenvalue weighted by atomic mass is 10.2. The number of hydrogen-bond acceptors (Lipinski definition) is 4. The number of carbonyl (C=O) groups excluding carboxylic acids is 1. The number of rotatable bonds is 5. The van der Waals surface area contributed by atoms with Crippen LogP contribution in [0.4, 0.5) is 11.4 Å². The van der Waals surface area contributed by atoms with Gasteiger partial charge in [-0.25, -0.2) is 0 Å². The van der Waals surface area contributed by atoms with Crippen LogP contribution in [0.5, 0.6) is 5.75 Å². The highest BCUT2D eigenvalue weighted by atomic mass is 35.5. The number of nitrogens with zero attached hydrogens (tertiary/aromatic N) is 1. The number of halogens is 2. The van der Waals surface area contributed by atoms with Gasteiger partial charge >= 0.3 is 5.69 Å². The van der Waals surface area contributed by atoms with Gasteiger partial charge in [0.15, 0.2) is 11.9 Å². The predicted molar refractivity (Wildman–Crippen MR) is 93.0 cm³/mol. The second-order valence-electron chi connectivity index (χ2n) is 5.10. The lowest BCUT2D eigenvalue weighted by molar-refractivity contribution is -0.386.